The van der Waals surface area contributed by atoms with E-state index in [1.807, 2.05) is 13.8 Å². The van der Waals surface area contributed by atoms with Crippen LogP contribution in [0.4, 0.5) is 0 Å². The summed E-state index contributed by atoms with van der Waals surface area (Å²) in [6.45, 7) is 4.40. The van der Waals surface area contributed by atoms with E-state index >= 15 is 0 Å². The van der Waals surface area contributed by atoms with Gasteiger partial charge in [-0.2, -0.15) is 0 Å². The zero-order valence-electron chi connectivity index (χ0n) is 11.1. The van der Waals surface area contributed by atoms with Crippen molar-refractivity contribution in [1.29, 1.82) is 0 Å². The smallest absolute Gasteiger partial charge is 0.243 e. The first-order valence-electron chi connectivity index (χ1n) is 6.01. The summed E-state index contributed by atoms with van der Waals surface area (Å²) in [4.78, 5) is 36.2. The first-order chi connectivity index (χ1) is 8.47. The zero-order chi connectivity index (χ0) is 13.7. The highest BCUT2D eigenvalue weighted by atomic mass is 35.5. The molecule has 0 aliphatic carbocycles. The van der Waals surface area contributed by atoms with Gasteiger partial charge in [-0.15, -0.1) is 12.4 Å². The number of nitrogens with one attached hydrogen (secondary N) is 2. The summed E-state index contributed by atoms with van der Waals surface area (Å²) in [6.07, 6.45) is 0. The van der Waals surface area contributed by atoms with Crippen molar-refractivity contribution < 1.29 is 14.4 Å². The van der Waals surface area contributed by atoms with Crippen LogP contribution < -0.4 is 16.4 Å². The average molecular weight is 293 g/mol. The Morgan fingerprint density at radius 3 is 2.68 bits per heavy atom. The van der Waals surface area contributed by atoms with Crippen LogP contribution in [0.5, 0.6) is 0 Å². The predicted molar refractivity (Wildman–Crippen MR) is 72.7 cm³/mol. The Kier molecular flexibility index (Phi) is 7.40. The number of piperazine rings is 1. The lowest BCUT2D eigenvalue weighted by Crippen LogP contribution is -2.60. The summed E-state index contributed by atoms with van der Waals surface area (Å²) in [5, 5.41) is 5.15. The molecule has 1 fully saturated rings. The van der Waals surface area contributed by atoms with Gasteiger partial charge in [0.1, 0.15) is 6.04 Å². The molecule has 1 heterocycles. The summed E-state index contributed by atoms with van der Waals surface area (Å²) < 4.78 is 0. The molecule has 1 rings (SSSR count). The van der Waals surface area contributed by atoms with E-state index in [1.165, 1.54) is 4.90 Å². The van der Waals surface area contributed by atoms with Gasteiger partial charge in [-0.05, 0) is 5.92 Å². The predicted octanol–water partition coefficient (Wildman–Crippen LogP) is -1.53. The van der Waals surface area contributed by atoms with Crippen molar-refractivity contribution in [2.45, 2.75) is 19.9 Å². The number of rotatable bonds is 4. The van der Waals surface area contributed by atoms with Gasteiger partial charge in [0.15, 0.2) is 0 Å². The fourth-order valence-electron chi connectivity index (χ4n) is 1.98. The highest BCUT2D eigenvalue weighted by molar-refractivity contribution is 5.91. The van der Waals surface area contributed by atoms with Gasteiger partial charge < -0.3 is 21.3 Å². The van der Waals surface area contributed by atoms with Crippen LogP contribution in [0.1, 0.15) is 13.8 Å². The highest BCUT2D eigenvalue weighted by Gasteiger charge is 2.34. The van der Waals surface area contributed by atoms with E-state index in [-0.39, 0.29) is 49.1 Å². The molecule has 19 heavy (non-hydrogen) atoms. The first-order valence-corrected chi connectivity index (χ1v) is 6.01. The summed E-state index contributed by atoms with van der Waals surface area (Å²) in [6, 6.07) is -0.471. The molecule has 0 aromatic heterocycles. The van der Waals surface area contributed by atoms with Gasteiger partial charge in [0, 0.05) is 13.1 Å². The Hall–Kier alpha value is -1.34. The van der Waals surface area contributed by atoms with Crippen molar-refractivity contribution in [3.05, 3.63) is 0 Å². The second-order valence-electron chi connectivity index (χ2n) is 4.55. The maximum atomic E-state index is 12.0. The average Bonchev–Trinajstić information content (AvgIpc) is 2.34. The van der Waals surface area contributed by atoms with E-state index in [2.05, 4.69) is 10.6 Å². The highest BCUT2D eigenvalue weighted by Crippen LogP contribution is 2.13. The Balaban J connectivity index is 0.00000324. The minimum absolute atomic E-state index is 0. The topological polar surface area (TPSA) is 105 Å². The number of hydrogen-bond donors (Lipinski definition) is 3. The van der Waals surface area contributed by atoms with E-state index < -0.39 is 6.04 Å². The second kappa shape index (κ2) is 7.96. The van der Waals surface area contributed by atoms with Gasteiger partial charge in [-0.3, -0.25) is 14.4 Å². The van der Waals surface area contributed by atoms with Gasteiger partial charge in [-0.1, -0.05) is 13.8 Å². The third-order valence-electron chi connectivity index (χ3n) is 2.83. The minimum atomic E-state index is -0.471. The monoisotopic (exact) mass is 292 g/mol. The largest absolute Gasteiger partial charge is 0.353 e. The number of amides is 3. The van der Waals surface area contributed by atoms with E-state index in [1.54, 1.807) is 0 Å². The molecule has 8 heteroatoms. The zero-order valence-corrected chi connectivity index (χ0v) is 12.0. The molecule has 4 N–H and O–H groups in total. The number of nitrogens with zero attached hydrogens (tertiary/aromatic N) is 1. The van der Waals surface area contributed by atoms with Crippen LogP contribution in [0.3, 0.4) is 0 Å². The molecule has 1 atom stereocenters. The van der Waals surface area contributed by atoms with Gasteiger partial charge in [0.2, 0.25) is 17.7 Å². The van der Waals surface area contributed by atoms with Crippen LogP contribution >= 0.6 is 12.4 Å². The van der Waals surface area contributed by atoms with Crippen LogP contribution in [0.15, 0.2) is 0 Å². The lowest BCUT2D eigenvalue weighted by atomic mass is 9.99. The quantitative estimate of drug-likeness (QED) is 0.584. The molecule has 7 nitrogen and oxygen atoms in total. The summed E-state index contributed by atoms with van der Waals surface area (Å²) in [5.41, 5.74) is 5.13. The van der Waals surface area contributed by atoms with Crippen molar-refractivity contribution >= 4 is 30.1 Å². The van der Waals surface area contributed by atoms with Crippen molar-refractivity contribution in [3.63, 3.8) is 0 Å². The van der Waals surface area contributed by atoms with E-state index in [0.717, 1.165) is 0 Å². The standard InChI is InChI=1S/C11H20N4O3.ClH/c1-7(2)10-11(18)13-3-4-15(10)9(17)6-14-8(16)5-12;/h7,10H,3-6,12H2,1-2H3,(H,13,18)(H,14,16);1H. The third kappa shape index (κ3) is 4.68. The fraction of sp³-hybridized carbons (Fsp3) is 0.727. The van der Waals surface area contributed by atoms with Crippen molar-refractivity contribution in [1.82, 2.24) is 15.5 Å². The molecule has 0 aromatic carbocycles. The molecule has 0 bridgehead atoms. The van der Waals surface area contributed by atoms with Crippen molar-refractivity contribution in [2.75, 3.05) is 26.2 Å². The number of carbonyl (C=O) groups is 3. The summed E-state index contributed by atoms with van der Waals surface area (Å²) in [5.74, 6) is -0.759. The van der Waals surface area contributed by atoms with Crippen molar-refractivity contribution in [2.24, 2.45) is 11.7 Å². The maximum absolute atomic E-state index is 12.0. The fourth-order valence-corrected chi connectivity index (χ4v) is 1.98. The normalized spacial score (nSPS) is 18.6. The Morgan fingerprint density at radius 2 is 2.16 bits per heavy atom. The Labute approximate surface area is 118 Å². The van der Waals surface area contributed by atoms with Gasteiger partial charge in [-0.25, -0.2) is 0 Å². The molecular weight excluding hydrogens is 272 g/mol. The molecule has 1 aliphatic heterocycles. The van der Waals surface area contributed by atoms with Gasteiger partial charge in [0.25, 0.3) is 0 Å². The maximum Gasteiger partial charge on any atom is 0.243 e. The van der Waals surface area contributed by atoms with Crippen LogP contribution in [0.25, 0.3) is 0 Å². The lowest BCUT2D eigenvalue weighted by Gasteiger charge is -2.37. The summed E-state index contributed by atoms with van der Waals surface area (Å²) in [7, 11) is 0. The van der Waals surface area contributed by atoms with Crippen LogP contribution in [0.2, 0.25) is 0 Å². The second-order valence-corrected chi connectivity index (χ2v) is 4.55. The molecule has 0 radical (unpaired) electrons. The molecule has 1 unspecified atom stereocenters. The Morgan fingerprint density at radius 1 is 1.53 bits per heavy atom. The molecule has 3 amide bonds. The molecule has 1 aliphatic rings. The van der Waals surface area contributed by atoms with E-state index in [0.29, 0.717) is 13.1 Å². The third-order valence-corrected chi connectivity index (χ3v) is 2.83. The SMILES string of the molecule is CC(C)C1C(=O)NCCN1C(=O)CNC(=O)CN.Cl. The van der Waals surface area contributed by atoms with Crippen LogP contribution in [0, 0.1) is 5.92 Å². The first kappa shape index (κ1) is 17.7. The van der Waals surface area contributed by atoms with Gasteiger partial charge in [0.05, 0.1) is 13.1 Å². The number of carbonyl (C=O) groups excluding carboxylic acids is 3. The van der Waals surface area contributed by atoms with E-state index in [4.69, 9.17) is 5.73 Å². The number of nitrogens with two attached hydrogens (primary N) is 1. The molecule has 1 saturated heterocycles. The van der Waals surface area contributed by atoms with E-state index in [9.17, 15) is 14.4 Å². The van der Waals surface area contributed by atoms with Crippen LogP contribution in [-0.2, 0) is 14.4 Å². The number of hydrogen-bond acceptors (Lipinski definition) is 4. The van der Waals surface area contributed by atoms with Crippen LogP contribution in [-0.4, -0.2) is 54.8 Å². The molecule has 0 spiro atoms. The minimum Gasteiger partial charge on any atom is -0.353 e. The molecule has 0 aromatic rings. The lowest BCUT2D eigenvalue weighted by molar-refractivity contribution is -0.144. The number of halogens is 1. The van der Waals surface area contributed by atoms with Crippen molar-refractivity contribution in [3.8, 4) is 0 Å². The summed E-state index contributed by atoms with van der Waals surface area (Å²) >= 11 is 0. The van der Waals surface area contributed by atoms with Gasteiger partial charge >= 0.3 is 0 Å². The Bertz CT molecular complexity index is 349. The molecule has 0 saturated carbocycles. The molecule has 110 valence electrons. The molecular formula is C11H21ClN4O3.